The van der Waals surface area contributed by atoms with Crippen molar-refractivity contribution in [1.82, 2.24) is 5.43 Å². The lowest BCUT2D eigenvalue weighted by Crippen LogP contribution is -2.38. The van der Waals surface area contributed by atoms with E-state index in [0.29, 0.717) is 22.8 Å². The summed E-state index contributed by atoms with van der Waals surface area (Å²) in [6.07, 6.45) is 2.83. The van der Waals surface area contributed by atoms with Crippen LogP contribution in [0.15, 0.2) is 18.2 Å². The Morgan fingerprint density at radius 3 is 2.50 bits per heavy atom. The maximum Gasteiger partial charge on any atom is 0.124 e. The van der Waals surface area contributed by atoms with Crippen molar-refractivity contribution < 1.29 is 4.39 Å². The topological polar surface area (TPSA) is 38.0 Å². The molecule has 0 saturated carbocycles. The van der Waals surface area contributed by atoms with Crippen LogP contribution in [0.5, 0.6) is 0 Å². The monoisotopic (exact) mass is 300 g/mol. The molecule has 0 aliphatic heterocycles. The van der Waals surface area contributed by atoms with Gasteiger partial charge in [-0.15, -0.1) is 0 Å². The minimum absolute atomic E-state index is 0.148. The van der Waals surface area contributed by atoms with Crippen molar-refractivity contribution >= 4 is 11.6 Å². The SMILES string of the molecule is CC(CC(Cc1ccc(F)cc1Cl)NN)CC(C)(C)C. The molecule has 0 radical (unpaired) electrons. The third-order valence-corrected chi connectivity index (χ3v) is 3.72. The average Bonchev–Trinajstić information content (AvgIpc) is 2.29. The summed E-state index contributed by atoms with van der Waals surface area (Å²) in [7, 11) is 0. The van der Waals surface area contributed by atoms with Crippen LogP contribution in [0.4, 0.5) is 4.39 Å². The molecule has 0 bridgehead atoms. The standard InChI is InChI=1S/C16H26ClFN2/c1-11(10-16(2,3)4)7-14(20-19)8-12-5-6-13(18)9-15(12)17/h5-6,9,11,14,20H,7-8,10,19H2,1-4H3. The first-order valence-electron chi connectivity index (χ1n) is 7.11. The van der Waals surface area contributed by atoms with Crippen LogP contribution < -0.4 is 11.3 Å². The zero-order valence-electron chi connectivity index (χ0n) is 12.8. The van der Waals surface area contributed by atoms with Gasteiger partial charge in [-0.25, -0.2) is 4.39 Å². The van der Waals surface area contributed by atoms with Crippen molar-refractivity contribution in [2.75, 3.05) is 0 Å². The van der Waals surface area contributed by atoms with Crippen molar-refractivity contribution in [1.29, 1.82) is 0 Å². The van der Waals surface area contributed by atoms with E-state index in [1.807, 2.05) is 0 Å². The smallest absolute Gasteiger partial charge is 0.124 e. The van der Waals surface area contributed by atoms with Crippen LogP contribution in [-0.4, -0.2) is 6.04 Å². The second-order valence-electron chi connectivity index (χ2n) is 6.91. The summed E-state index contributed by atoms with van der Waals surface area (Å²) in [6.45, 7) is 8.96. The number of nitrogens with one attached hydrogen (secondary N) is 1. The van der Waals surface area contributed by atoms with E-state index in [2.05, 4.69) is 33.1 Å². The molecule has 1 aromatic rings. The van der Waals surface area contributed by atoms with E-state index in [1.165, 1.54) is 12.1 Å². The lowest BCUT2D eigenvalue weighted by atomic mass is 9.82. The Labute approximate surface area is 126 Å². The Morgan fingerprint density at radius 2 is 2.00 bits per heavy atom. The van der Waals surface area contributed by atoms with Crippen LogP contribution in [0.2, 0.25) is 5.02 Å². The molecule has 2 nitrogen and oxygen atoms in total. The van der Waals surface area contributed by atoms with Crippen LogP contribution in [-0.2, 0) is 6.42 Å². The van der Waals surface area contributed by atoms with Crippen LogP contribution in [0.25, 0.3) is 0 Å². The normalized spacial score (nSPS) is 15.2. The Morgan fingerprint density at radius 1 is 1.35 bits per heavy atom. The van der Waals surface area contributed by atoms with Gasteiger partial charge in [0.2, 0.25) is 0 Å². The number of nitrogens with two attached hydrogens (primary N) is 1. The Hall–Kier alpha value is -0.640. The maximum absolute atomic E-state index is 13.0. The fourth-order valence-electron chi connectivity index (χ4n) is 2.78. The van der Waals surface area contributed by atoms with Crippen molar-refractivity contribution in [3.05, 3.63) is 34.6 Å². The van der Waals surface area contributed by atoms with Gasteiger partial charge in [0.05, 0.1) is 0 Å². The van der Waals surface area contributed by atoms with E-state index in [-0.39, 0.29) is 11.9 Å². The molecule has 0 aromatic heterocycles. The fraction of sp³-hybridized carbons (Fsp3) is 0.625. The number of halogens is 2. The van der Waals surface area contributed by atoms with Gasteiger partial charge in [-0.2, -0.15) is 0 Å². The maximum atomic E-state index is 13.0. The Bertz CT molecular complexity index is 429. The molecular weight excluding hydrogens is 275 g/mol. The van der Waals surface area contributed by atoms with Gasteiger partial charge in [0.25, 0.3) is 0 Å². The highest BCUT2D eigenvalue weighted by Crippen LogP contribution is 2.28. The highest BCUT2D eigenvalue weighted by Gasteiger charge is 2.19. The average molecular weight is 301 g/mol. The first kappa shape index (κ1) is 17.4. The number of hydrazine groups is 1. The van der Waals surface area contributed by atoms with E-state index < -0.39 is 0 Å². The highest BCUT2D eigenvalue weighted by atomic mass is 35.5. The van der Waals surface area contributed by atoms with Crippen molar-refractivity contribution in [3.63, 3.8) is 0 Å². The molecule has 2 unspecified atom stereocenters. The van der Waals surface area contributed by atoms with Crippen molar-refractivity contribution in [3.8, 4) is 0 Å². The quantitative estimate of drug-likeness (QED) is 0.606. The molecular formula is C16H26ClFN2. The lowest BCUT2D eigenvalue weighted by Gasteiger charge is -2.26. The van der Waals surface area contributed by atoms with Gasteiger partial charge >= 0.3 is 0 Å². The lowest BCUT2D eigenvalue weighted by molar-refractivity contribution is 0.274. The summed E-state index contributed by atoms with van der Waals surface area (Å²) in [5.41, 5.74) is 4.10. The number of benzene rings is 1. The van der Waals surface area contributed by atoms with Gasteiger partial charge in [0.15, 0.2) is 0 Å². The molecule has 0 heterocycles. The minimum Gasteiger partial charge on any atom is -0.271 e. The second kappa shape index (κ2) is 7.39. The predicted octanol–water partition coefficient (Wildman–Crippen LogP) is 4.32. The van der Waals surface area contributed by atoms with Gasteiger partial charge in [-0.05, 0) is 48.3 Å². The molecule has 2 atom stereocenters. The molecule has 0 amide bonds. The Kier molecular flexibility index (Phi) is 6.44. The van der Waals surface area contributed by atoms with E-state index in [0.717, 1.165) is 18.4 Å². The first-order chi connectivity index (χ1) is 9.21. The van der Waals surface area contributed by atoms with Gasteiger partial charge in [0.1, 0.15) is 5.82 Å². The molecule has 0 aliphatic carbocycles. The van der Waals surface area contributed by atoms with Crippen LogP contribution in [0.3, 0.4) is 0 Å². The summed E-state index contributed by atoms with van der Waals surface area (Å²) in [5.74, 6) is 5.90. The van der Waals surface area contributed by atoms with Crippen molar-refractivity contribution in [2.45, 2.75) is 53.0 Å². The Balaban J connectivity index is 2.63. The molecule has 3 N–H and O–H groups in total. The van der Waals surface area contributed by atoms with E-state index in [4.69, 9.17) is 17.4 Å². The summed E-state index contributed by atoms with van der Waals surface area (Å²) >= 11 is 6.06. The van der Waals surface area contributed by atoms with E-state index in [9.17, 15) is 4.39 Å². The molecule has 0 aliphatic rings. The molecule has 4 heteroatoms. The predicted molar refractivity (Wildman–Crippen MR) is 84.1 cm³/mol. The van der Waals surface area contributed by atoms with E-state index >= 15 is 0 Å². The zero-order chi connectivity index (χ0) is 15.3. The third-order valence-electron chi connectivity index (χ3n) is 3.36. The first-order valence-corrected chi connectivity index (χ1v) is 7.49. The molecule has 114 valence electrons. The molecule has 0 fully saturated rings. The minimum atomic E-state index is -0.308. The summed E-state index contributed by atoms with van der Waals surface area (Å²) in [4.78, 5) is 0. The van der Waals surface area contributed by atoms with Gasteiger partial charge in [-0.1, -0.05) is 45.4 Å². The molecule has 0 saturated heterocycles. The third kappa shape index (κ3) is 6.21. The van der Waals surface area contributed by atoms with Crippen LogP contribution in [0, 0.1) is 17.2 Å². The summed E-state index contributed by atoms with van der Waals surface area (Å²) < 4.78 is 13.0. The molecule has 20 heavy (non-hydrogen) atoms. The summed E-state index contributed by atoms with van der Waals surface area (Å²) in [6, 6.07) is 4.67. The van der Waals surface area contributed by atoms with Gasteiger partial charge in [-0.3, -0.25) is 11.3 Å². The van der Waals surface area contributed by atoms with E-state index in [1.54, 1.807) is 6.07 Å². The summed E-state index contributed by atoms with van der Waals surface area (Å²) in [5, 5.41) is 0.466. The van der Waals surface area contributed by atoms with Crippen LogP contribution >= 0.6 is 11.6 Å². The highest BCUT2D eigenvalue weighted by molar-refractivity contribution is 6.31. The molecule has 1 aromatic carbocycles. The second-order valence-corrected chi connectivity index (χ2v) is 7.32. The van der Waals surface area contributed by atoms with Crippen LogP contribution in [0.1, 0.15) is 46.1 Å². The molecule has 0 spiro atoms. The number of hydrogen-bond donors (Lipinski definition) is 2. The fourth-order valence-corrected chi connectivity index (χ4v) is 3.02. The van der Waals surface area contributed by atoms with Crippen molar-refractivity contribution in [2.24, 2.45) is 17.2 Å². The largest absolute Gasteiger partial charge is 0.271 e. The zero-order valence-corrected chi connectivity index (χ0v) is 13.6. The number of hydrogen-bond acceptors (Lipinski definition) is 2. The molecule has 1 rings (SSSR count). The van der Waals surface area contributed by atoms with Gasteiger partial charge < -0.3 is 0 Å². The number of rotatable bonds is 6. The van der Waals surface area contributed by atoms with Gasteiger partial charge in [0, 0.05) is 11.1 Å².